The zero-order chi connectivity index (χ0) is 14.5. The summed E-state index contributed by atoms with van der Waals surface area (Å²) in [5, 5.41) is 3.04. The summed E-state index contributed by atoms with van der Waals surface area (Å²) in [6, 6.07) is 15.5. The highest BCUT2D eigenvalue weighted by Gasteiger charge is 2.12. The monoisotopic (exact) mass is 332 g/mol. The van der Waals surface area contributed by atoms with E-state index < -0.39 is 0 Å². The smallest absolute Gasteiger partial charge is 0.253 e. The van der Waals surface area contributed by atoms with Gasteiger partial charge in [0, 0.05) is 36.4 Å². The third-order valence-corrected chi connectivity index (χ3v) is 3.61. The molecule has 1 amide bonds. The zero-order valence-electron chi connectivity index (χ0n) is 11.6. The van der Waals surface area contributed by atoms with Crippen LogP contribution in [-0.2, 0) is 6.54 Å². The minimum Gasteiger partial charge on any atom is -0.388 e. The van der Waals surface area contributed by atoms with Crippen LogP contribution >= 0.6 is 15.9 Å². The van der Waals surface area contributed by atoms with Crippen LogP contribution in [0.4, 0.5) is 5.69 Å². The number of carbonyl (C=O) groups is 1. The van der Waals surface area contributed by atoms with E-state index in [9.17, 15) is 4.79 Å². The largest absolute Gasteiger partial charge is 0.388 e. The first kappa shape index (κ1) is 14.6. The lowest BCUT2D eigenvalue weighted by atomic mass is 10.1. The van der Waals surface area contributed by atoms with Gasteiger partial charge >= 0.3 is 0 Å². The van der Waals surface area contributed by atoms with E-state index in [2.05, 4.69) is 21.2 Å². The minimum atomic E-state index is 0.0185. The molecule has 2 aromatic rings. The van der Waals surface area contributed by atoms with Crippen molar-refractivity contribution in [3.63, 3.8) is 0 Å². The van der Waals surface area contributed by atoms with Crippen molar-refractivity contribution in [2.45, 2.75) is 6.54 Å². The SMILES string of the molecule is CNc1cccc(C(=O)N(C)Cc2ccc(Br)cc2)c1. The van der Waals surface area contributed by atoms with Crippen LogP contribution in [-0.4, -0.2) is 24.9 Å². The van der Waals surface area contributed by atoms with E-state index in [1.165, 1.54) is 0 Å². The first-order valence-corrected chi connectivity index (χ1v) is 7.17. The number of nitrogens with zero attached hydrogens (tertiary/aromatic N) is 1. The molecular weight excluding hydrogens is 316 g/mol. The van der Waals surface area contributed by atoms with Gasteiger partial charge in [-0.3, -0.25) is 4.79 Å². The van der Waals surface area contributed by atoms with E-state index in [4.69, 9.17) is 0 Å². The van der Waals surface area contributed by atoms with Crippen LogP contribution in [0.5, 0.6) is 0 Å². The average molecular weight is 333 g/mol. The number of hydrogen-bond acceptors (Lipinski definition) is 2. The highest BCUT2D eigenvalue weighted by Crippen LogP contribution is 2.15. The third kappa shape index (κ3) is 3.61. The van der Waals surface area contributed by atoms with Gasteiger partial charge in [-0.15, -0.1) is 0 Å². The van der Waals surface area contributed by atoms with E-state index >= 15 is 0 Å². The Hall–Kier alpha value is -1.81. The molecule has 2 rings (SSSR count). The Kier molecular flexibility index (Phi) is 4.79. The molecule has 0 bridgehead atoms. The van der Waals surface area contributed by atoms with Crippen LogP contribution in [0.1, 0.15) is 15.9 Å². The summed E-state index contributed by atoms with van der Waals surface area (Å²) >= 11 is 3.41. The molecule has 1 N–H and O–H groups in total. The summed E-state index contributed by atoms with van der Waals surface area (Å²) in [6.07, 6.45) is 0. The van der Waals surface area contributed by atoms with E-state index in [1.807, 2.05) is 62.6 Å². The van der Waals surface area contributed by atoms with Crippen LogP contribution in [0, 0.1) is 0 Å². The molecule has 3 nitrogen and oxygen atoms in total. The number of amides is 1. The van der Waals surface area contributed by atoms with Crippen LogP contribution in [0.15, 0.2) is 53.0 Å². The lowest BCUT2D eigenvalue weighted by molar-refractivity contribution is 0.0785. The molecule has 0 atom stereocenters. The van der Waals surface area contributed by atoms with Gasteiger partial charge in [-0.05, 0) is 35.9 Å². The predicted octanol–water partition coefficient (Wildman–Crippen LogP) is 3.76. The number of rotatable bonds is 4. The second-order valence-corrected chi connectivity index (χ2v) is 5.53. The van der Waals surface area contributed by atoms with Gasteiger partial charge in [0.25, 0.3) is 5.91 Å². The molecule has 0 saturated heterocycles. The van der Waals surface area contributed by atoms with Gasteiger partial charge in [0.2, 0.25) is 0 Å². The van der Waals surface area contributed by atoms with Gasteiger partial charge < -0.3 is 10.2 Å². The molecule has 0 fully saturated rings. The number of halogens is 1. The van der Waals surface area contributed by atoms with Gasteiger partial charge in [0.05, 0.1) is 0 Å². The summed E-state index contributed by atoms with van der Waals surface area (Å²) in [4.78, 5) is 14.1. The summed E-state index contributed by atoms with van der Waals surface area (Å²) in [6.45, 7) is 0.593. The number of nitrogens with one attached hydrogen (secondary N) is 1. The van der Waals surface area contributed by atoms with E-state index in [-0.39, 0.29) is 5.91 Å². The maximum absolute atomic E-state index is 12.4. The topological polar surface area (TPSA) is 32.3 Å². The van der Waals surface area contributed by atoms with Gasteiger partial charge in [0.15, 0.2) is 0 Å². The van der Waals surface area contributed by atoms with Crippen LogP contribution in [0.2, 0.25) is 0 Å². The van der Waals surface area contributed by atoms with E-state index in [0.717, 1.165) is 15.7 Å². The molecule has 2 aromatic carbocycles. The van der Waals surface area contributed by atoms with Crippen molar-refractivity contribution in [3.05, 3.63) is 64.1 Å². The molecule has 0 aliphatic carbocycles. The Bertz CT molecular complexity index is 596. The molecule has 104 valence electrons. The first-order valence-electron chi connectivity index (χ1n) is 6.38. The maximum Gasteiger partial charge on any atom is 0.253 e. The first-order chi connectivity index (χ1) is 9.60. The van der Waals surface area contributed by atoms with Crippen molar-refractivity contribution in [2.24, 2.45) is 0 Å². The molecular formula is C16H17BrN2O. The van der Waals surface area contributed by atoms with Crippen molar-refractivity contribution in [1.82, 2.24) is 4.90 Å². The number of anilines is 1. The van der Waals surface area contributed by atoms with Crippen molar-refractivity contribution in [3.8, 4) is 0 Å². The Morgan fingerprint density at radius 1 is 1.20 bits per heavy atom. The molecule has 0 aliphatic rings. The number of carbonyl (C=O) groups excluding carboxylic acids is 1. The lowest BCUT2D eigenvalue weighted by Crippen LogP contribution is -2.26. The van der Waals surface area contributed by atoms with Crippen molar-refractivity contribution in [1.29, 1.82) is 0 Å². The Morgan fingerprint density at radius 2 is 1.90 bits per heavy atom. The molecule has 0 unspecified atom stereocenters. The fraction of sp³-hybridized carbons (Fsp3) is 0.188. The zero-order valence-corrected chi connectivity index (χ0v) is 13.1. The molecule has 0 spiro atoms. The highest BCUT2D eigenvalue weighted by molar-refractivity contribution is 9.10. The molecule has 0 heterocycles. The molecule has 0 radical (unpaired) electrons. The van der Waals surface area contributed by atoms with Crippen LogP contribution < -0.4 is 5.32 Å². The molecule has 0 aromatic heterocycles. The second-order valence-electron chi connectivity index (χ2n) is 4.62. The van der Waals surface area contributed by atoms with Crippen molar-refractivity contribution < 1.29 is 4.79 Å². The summed E-state index contributed by atoms with van der Waals surface area (Å²) in [5.41, 5.74) is 2.73. The van der Waals surface area contributed by atoms with Crippen molar-refractivity contribution in [2.75, 3.05) is 19.4 Å². The van der Waals surface area contributed by atoms with Crippen molar-refractivity contribution >= 4 is 27.5 Å². The lowest BCUT2D eigenvalue weighted by Gasteiger charge is -2.18. The van der Waals surface area contributed by atoms with Gasteiger partial charge in [-0.1, -0.05) is 34.1 Å². The summed E-state index contributed by atoms with van der Waals surface area (Å²) in [5.74, 6) is 0.0185. The Morgan fingerprint density at radius 3 is 2.55 bits per heavy atom. The van der Waals surface area contributed by atoms with Gasteiger partial charge in [-0.25, -0.2) is 0 Å². The average Bonchev–Trinajstić information content (AvgIpc) is 2.48. The molecule has 20 heavy (non-hydrogen) atoms. The normalized spacial score (nSPS) is 10.2. The predicted molar refractivity (Wildman–Crippen MR) is 85.9 cm³/mol. The van der Waals surface area contributed by atoms with E-state index in [1.54, 1.807) is 4.90 Å². The second kappa shape index (κ2) is 6.57. The Labute approximate surface area is 127 Å². The van der Waals surface area contributed by atoms with Gasteiger partial charge in [0.1, 0.15) is 0 Å². The molecule has 0 aliphatic heterocycles. The molecule has 4 heteroatoms. The standard InChI is InChI=1S/C16H17BrN2O/c1-18-15-5-3-4-13(10-15)16(20)19(2)11-12-6-8-14(17)9-7-12/h3-10,18H,11H2,1-2H3. The van der Waals surface area contributed by atoms with Crippen LogP contribution in [0.3, 0.4) is 0 Å². The summed E-state index contributed by atoms with van der Waals surface area (Å²) < 4.78 is 1.04. The number of hydrogen-bond donors (Lipinski definition) is 1. The number of benzene rings is 2. The highest BCUT2D eigenvalue weighted by atomic mass is 79.9. The fourth-order valence-corrected chi connectivity index (χ4v) is 2.23. The van der Waals surface area contributed by atoms with Gasteiger partial charge in [-0.2, -0.15) is 0 Å². The maximum atomic E-state index is 12.4. The third-order valence-electron chi connectivity index (χ3n) is 3.08. The molecule has 0 saturated carbocycles. The minimum absolute atomic E-state index is 0.0185. The summed E-state index contributed by atoms with van der Waals surface area (Å²) in [7, 11) is 3.66. The van der Waals surface area contributed by atoms with Crippen LogP contribution in [0.25, 0.3) is 0 Å². The fourth-order valence-electron chi connectivity index (χ4n) is 1.96. The quantitative estimate of drug-likeness (QED) is 0.924. The Balaban J connectivity index is 2.09. The van der Waals surface area contributed by atoms with E-state index in [0.29, 0.717) is 12.1 Å².